The summed E-state index contributed by atoms with van der Waals surface area (Å²) < 4.78 is 7.03. The van der Waals surface area contributed by atoms with E-state index in [0.717, 1.165) is 0 Å². The van der Waals surface area contributed by atoms with Crippen LogP contribution < -0.4 is 21.3 Å². The highest BCUT2D eigenvalue weighted by molar-refractivity contribution is 6.31. The molecule has 8 nitrogen and oxygen atoms in total. The first-order valence-electron chi connectivity index (χ1n) is 8.85. The Labute approximate surface area is 174 Å². The van der Waals surface area contributed by atoms with Crippen LogP contribution >= 0.6 is 11.6 Å². The van der Waals surface area contributed by atoms with E-state index in [0.29, 0.717) is 22.2 Å². The summed E-state index contributed by atoms with van der Waals surface area (Å²) in [5.41, 5.74) is -0.538. The third-order valence-corrected chi connectivity index (χ3v) is 4.61. The number of rotatable bonds is 4. The van der Waals surface area contributed by atoms with E-state index in [-0.39, 0.29) is 16.6 Å². The van der Waals surface area contributed by atoms with Crippen LogP contribution in [0.5, 0.6) is 11.5 Å². The normalized spacial score (nSPS) is 10.7. The van der Waals surface area contributed by atoms with Gasteiger partial charge in [-0.1, -0.05) is 29.8 Å². The van der Waals surface area contributed by atoms with E-state index < -0.39 is 17.2 Å². The number of hydrogen-bond acceptors (Lipinski definition) is 5. The number of fused-ring (bicyclic) bond motifs is 1. The van der Waals surface area contributed by atoms with Crippen LogP contribution in [0.15, 0.2) is 70.4 Å². The van der Waals surface area contributed by atoms with E-state index >= 15 is 0 Å². The fourth-order valence-corrected chi connectivity index (χ4v) is 3.03. The molecular formula is C21H15ClN4O4. The average Bonchev–Trinajstić information content (AvgIpc) is 2.74. The first-order chi connectivity index (χ1) is 14.4. The minimum atomic E-state index is -0.619. The largest absolute Gasteiger partial charge is 0.455 e. The number of nitrogens with one attached hydrogen (secondary N) is 2. The Morgan fingerprint density at radius 2 is 1.90 bits per heavy atom. The maximum Gasteiger partial charge on any atom is 0.329 e. The molecule has 1 amide bonds. The van der Waals surface area contributed by atoms with Gasteiger partial charge in [-0.3, -0.25) is 19.1 Å². The molecule has 4 rings (SSSR count). The number of H-pyrrole nitrogens is 1. The number of para-hydroxylation sites is 1. The Kier molecular flexibility index (Phi) is 5.07. The summed E-state index contributed by atoms with van der Waals surface area (Å²) in [4.78, 5) is 42.9. The van der Waals surface area contributed by atoms with Gasteiger partial charge in [0.2, 0.25) is 0 Å². The fourth-order valence-electron chi connectivity index (χ4n) is 2.86. The van der Waals surface area contributed by atoms with Crippen molar-refractivity contribution in [1.82, 2.24) is 14.5 Å². The number of hydrogen-bond donors (Lipinski definition) is 2. The molecule has 0 aliphatic carbocycles. The van der Waals surface area contributed by atoms with Crippen molar-refractivity contribution >= 4 is 34.2 Å². The zero-order valence-corrected chi connectivity index (χ0v) is 16.4. The van der Waals surface area contributed by atoms with E-state index in [1.807, 2.05) is 18.2 Å². The topological polar surface area (TPSA) is 106 Å². The van der Waals surface area contributed by atoms with E-state index in [4.69, 9.17) is 16.3 Å². The molecule has 150 valence electrons. The van der Waals surface area contributed by atoms with Crippen LogP contribution in [0.3, 0.4) is 0 Å². The molecule has 0 aliphatic heterocycles. The van der Waals surface area contributed by atoms with Gasteiger partial charge < -0.3 is 10.1 Å². The molecule has 2 heterocycles. The molecule has 0 saturated heterocycles. The molecule has 4 aromatic rings. The maximum atomic E-state index is 12.8. The van der Waals surface area contributed by atoms with Crippen molar-refractivity contribution in [3.05, 3.63) is 92.2 Å². The monoisotopic (exact) mass is 422 g/mol. The van der Waals surface area contributed by atoms with Crippen molar-refractivity contribution in [2.75, 3.05) is 5.32 Å². The average molecular weight is 423 g/mol. The predicted molar refractivity (Wildman–Crippen MR) is 114 cm³/mol. The summed E-state index contributed by atoms with van der Waals surface area (Å²) >= 11 is 6.08. The molecule has 0 bridgehead atoms. The third-order valence-electron chi connectivity index (χ3n) is 4.38. The number of aryl methyl sites for hydroxylation is 1. The highest BCUT2D eigenvalue weighted by Crippen LogP contribution is 2.32. The molecule has 0 saturated carbocycles. The van der Waals surface area contributed by atoms with Gasteiger partial charge in [0.15, 0.2) is 5.75 Å². The van der Waals surface area contributed by atoms with E-state index in [1.54, 1.807) is 30.3 Å². The molecule has 0 aliphatic rings. The number of pyridine rings is 1. The molecule has 0 fully saturated rings. The van der Waals surface area contributed by atoms with E-state index in [9.17, 15) is 14.4 Å². The lowest BCUT2D eigenvalue weighted by molar-refractivity contribution is 0.102. The van der Waals surface area contributed by atoms with Gasteiger partial charge in [0.05, 0.1) is 16.6 Å². The minimum Gasteiger partial charge on any atom is -0.455 e. The number of aromatic nitrogens is 3. The summed E-state index contributed by atoms with van der Waals surface area (Å²) in [6, 6.07) is 15.3. The third kappa shape index (κ3) is 3.81. The Bertz CT molecular complexity index is 1380. The SMILES string of the molecule is Cn1c(=O)[nH]c(=O)c2cc(C(=O)Nc3cc(Cl)ccc3Oc3ccccc3)cnc21. The van der Waals surface area contributed by atoms with Gasteiger partial charge in [0.1, 0.15) is 11.4 Å². The molecule has 2 aromatic carbocycles. The Balaban J connectivity index is 1.68. The second-order valence-corrected chi connectivity index (χ2v) is 6.86. The summed E-state index contributed by atoms with van der Waals surface area (Å²) in [5.74, 6) is 0.473. The van der Waals surface area contributed by atoms with E-state index in [2.05, 4.69) is 15.3 Å². The first kappa shape index (κ1) is 19.4. The van der Waals surface area contributed by atoms with Crippen LogP contribution in [-0.2, 0) is 7.05 Å². The molecule has 0 spiro atoms. The predicted octanol–water partition coefficient (Wildman–Crippen LogP) is 3.32. The molecule has 2 N–H and O–H groups in total. The highest BCUT2D eigenvalue weighted by atomic mass is 35.5. The number of nitrogens with zero attached hydrogens (tertiary/aromatic N) is 2. The molecule has 9 heteroatoms. The number of halogens is 1. The fraction of sp³-hybridized carbons (Fsp3) is 0.0476. The van der Waals surface area contributed by atoms with Crippen molar-refractivity contribution < 1.29 is 9.53 Å². The van der Waals surface area contributed by atoms with Gasteiger partial charge >= 0.3 is 5.69 Å². The maximum absolute atomic E-state index is 12.8. The summed E-state index contributed by atoms with van der Waals surface area (Å²) in [5, 5.41) is 3.26. The second kappa shape index (κ2) is 7.84. The Morgan fingerprint density at radius 3 is 2.67 bits per heavy atom. The van der Waals surface area contributed by atoms with Crippen molar-refractivity contribution in [2.45, 2.75) is 0 Å². The van der Waals surface area contributed by atoms with Crippen LogP contribution in [0.2, 0.25) is 5.02 Å². The Hall–Kier alpha value is -3.91. The second-order valence-electron chi connectivity index (χ2n) is 6.42. The minimum absolute atomic E-state index is 0.122. The smallest absolute Gasteiger partial charge is 0.329 e. The van der Waals surface area contributed by atoms with Gasteiger partial charge in [-0.25, -0.2) is 9.78 Å². The standard InChI is InChI=1S/C21H15ClN4O4/c1-26-18-15(20(28)25-21(26)29)9-12(11-23-18)19(27)24-16-10-13(22)7-8-17(16)30-14-5-3-2-4-6-14/h2-11H,1H3,(H,24,27)(H,25,28,29). The lowest BCUT2D eigenvalue weighted by atomic mass is 10.2. The zero-order chi connectivity index (χ0) is 21.3. The van der Waals surface area contributed by atoms with Gasteiger partial charge in [-0.05, 0) is 36.4 Å². The van der Waals surface area contributed by atoms with Crippen molar-refractivity contribution in [3.63, 3.8) is 0 Å². The van der Waals surface area contributed by atoms with Gasteiger partial charge in [-0.2, -0.15) is 0 Å². The number of amides is 1. The number of aromatic amines is 1. The van der Waals surface area contributed by atoms with Crippen LogP contribution in [-0.4, -0.2) is 20.4 Å². The summed E-state index contributed by atoms with van der Waals surface area (Å²) in [7, 11) is 1.48. The molecule has 30 heavy (non-hydrogen) atoms. The quantitative estimate of drug-likeness (QED) is 0.524. The number of anilines is 1. The summed E-state index contributed by atoms with van der Waals surface area (Å²) in [6.07, 6.45) is 1.29. The lowest BCUT2D eigenvalue weighted by Crippen LogP contribution is -2.29. The molecule has 0 atom stereocenters. The van der Waals surface area contributed by atoms with Crippen molar-refractivity contribution in [2.24, 2.45) is 7.05 Å². The van der Waals surface area contributed by atoms with Crippen LogP contribution in [0.25, 0.3) is 11.0 Å². The molecule has 0 radical (unpaired) electrons. The Morgan fingerprint density at radius 1 is 1.13 bits per heavy atom. The van der Waals surface area contributed by atoms with Crippen LogP contribution in [0, 0.1) is 0 Å². The summed E-state index contributed by atoms with van der Waals surface area (Å²) in [6.45, 7) is 0. The number of carbonyl (C=O) groups is 1. The van der Waals surface area contributed by atoms with Crippen molar-refractivity contribution in [1.29, 1.82) is 0 Å². The molecule has 2 aromatic heterocycles. The van der Waals surface area contributed by atoms with Crippen molar-refractivity contribution in [3.8, 4) is 11.5 Å². The van der Waals surface area contributed by atoms with Gasteiger partial charge in [0.25, 0.3) is 11.5 Å². The van der Waals surface area contributed by atoms with Gasteiger partial charge in [-0.15, -0.1) is 0 Å². The molecular weight excluding hydrogens is 408 g/mol. The van der Waals surface area contributed by atoms with Crippen LogP contribution in [0.1, 0.15) is 10.4 Å². The molecule has 0 unspecified atom stereocenters. The van der Waals surface area contributed by atoms with E-state index in [1.165, 1.54) is 23.9 Å². The first-order valence-corrected chi connectivity index (χ1v) is 9.23. The highest BCUT2D eigenvalue weighted by Gasteiger charge is 2.15. The number of ether oxygens (including phenoxy) is 1. The van der Waals surface area contributed by atoms with Gasteiger partial charge in [0, 0.05) is 18.3 Å². The number of benzene rings is 2. The number of carbonyl (C=O) groups excluding carboxylic acids is 1. The zero-order valence-electron chi connectivity index (χ0n) is 15.7. The van der Waals surface area contributed by atoms with Crippen LogP contribution in [0.4, 0.5) is 5.69 Å². The lowest BCUT2D eigenvalue weighted by Gasteiger charge is -2.13.